The van der Waals surface area contributed by atoms with Crippen LogP contribution in [-0.2, 0) is 0 Å². The molecule has 0 aliphatic carbocycles. The van der Waals surface area contributed by atoms with Gasteiger partial charge in [0.25, 0.3) is 0 Å². The molecule has 1 atom stereocenters. The molecule has 1 aliphatic rings. The van der Waals surface area contributed by atoms with Gasteiger partial charge in [0.1, 0.15) is 5.82 Å². The minimum atomic E-state index is -0.280. The highest BCUT2D eigenvalue weighted by Crippen LogP contribution is 2.44. The lowest BCUT2D eigenvalue weighted by Crippen LogP contribution is -2.48. The summed E-state index contributed by atoms with van der Waals surface area (Å²) in [5.41, 5.74) is 0.389. The Morgan fingerprint density at radius 2 is 1.80 bits per heavy atom. The molecule has 1 saturated heterocycles. The fraction of sp³-hybridized carbons (Fsp3) is 0.600. The molecule has 1 aromatic rings. The number of rotatable bonds is 2. The molecule has 0 bridgehead atoms. The maximum atomic E-state index is 14.4. The molecule has 0 radical (unpaired) electrons. The smallest absolute Gasteiger partial charge is 0.129 e. The van der Waals surface area contributed by atoms with E-state index >= 15 is 0 Å². The number of hydrogen-bond acceptors (Lipinski definition) is 2. The summed E-state index contributed by atoms with van der Waals surface area (Å²) in [5, 5.41) is 4.07. The van der Waals surface area contributed by atoms with Crippen molar-refractivity contribution < 1.29 is 4.39 Å². The molecule has 0 saturated carbocycles. The van der Waals surface area contributed by atoms with Crippen LogP contribution >= 0.6 is 23.2 Å². The second-order valence-corrected chi connectivity index (χ2v) is 7.10. The van der Waals surface area contributed by atoms with E-state index in [1.165, 1.54) is 12.1 Å². The van der Waals surface area contributed by atoms with E-state index in [-0.39, 0.29) is 17.3 Å². The quantitative estimate of drug-likeness (QED) is 0.825. The van der Waals surface area contributed by atoms with Gasteiger partial charge in [0.2, 0.25) is 0 Å². The summed E-state index contributed by atoms with van der Waals surface area (Å²) in [6.07, 6.45) is 0. The Morgan fingerprint density at radius 3 is 2.35 bits per heavy atom. The van der Waals surface area contributed by atoms with Gasteiger partial charge in [-0.25, -0.2) is 4.39 Å². The molecule has 0 aromatic heterocycles. The molecular formula is C15H21Cl2FN2. The summed E-state index contributed by atoms with van der Waals surface area (Å²) in [5.74, 6) is -0.280. The maximum absolute atomic E-state index is 14.4. The SMILES string of the molecule is CC(C)(C)[C@H](c1c(F)ccc(Cl)c1Cl)N1CCNCC1. The van der Waals surface area contributed by atoms with Gasteiger partial charge in [0.15, 0.2) is 0 Å². The zero-order valence-electron chi connectivity index (χ0n) is 12.1. The lowest BCUT2D eigenvalue weighted by Gasteiger charge is -2.43. The molecule has 0 amide bonds. The Labute approximate surface area is 130 Å². The molecule has 0 unspecified atom stereocenters. The van der Waals surface area contributed by atoms with Crippen molar-refractivity contribution >= 4 is 23.2 Å². The average Bonchev–Trinajstić information content (AvgIpc) is 2.39. The lowest BCUT2D eigenvalue weighted by molar-refractivity contribution is 0.0835. The monoisotopic (exact) mass is 318 g/mol. The number of piperazine rings is 1. The second-order valence-electron chi connectivity index (χ2n) is 6.31. The first-order chi connectivity index (χ1) is 9.32. The molecule has 5 heteroatoms. The van der Waals surface area contributed by atoms with Crippen molar-refractivity contribution in [3.8, 4) is 0 Å². The third-order valence-electron chi connectivity index (χ3n) is 3.69. The van der Waals surface area contributed by atoms with Gasteiger partial charge in [0.05, 0.1) is 10.0 Å². The third kappa shape index (κ3) is 3.28. The summed E-state index contributed by atoms with van der Waals surface area (Å²) in [6.45, 7) is 9.90. The fourth-order valence-electron chi connectivity index (χ4n) is 2.90. The van der Waals surface area contributed by atoms with Crippen LogP contribution in [-0.4, -0.2) is 31.1 Å². The van der Waals surface area contributed by atoms with Crippen LogP contribution in [0.15, 0.2) is 12.1 Å². The zero-order chi connectivity index (χ0) is 14.9. The molecule has 1 aromatic carbocycles. The summed E-state index contributed by atoms with van der Waals surface area (Å²) < 4.78 is 14.4. The van der Waals surface area contributed by atoms with Gasteiger partial charge in [-0.05, 0) is 17.5 Å². The van der Waals surface area contributed by atoms with Crippen molar-refractivity contribution in [2.45, 2.75) is 26.8 Å². The highest BCUT2D eigenvalue weighted by molar-refractivity contribution is 6.42. The highest BCUT2D eigenvalue weighted by Gasteiger charge is 2.36. The number of nitrogens with one attached hydrogen (secondary N) is 1. The van der Waals surface area contributed by atoms with Gasteiger partial charge < -0.3 is 5.32 Å². The van der Waals surface area contributed by atoms with Gasteiger partial charge in [-0.3, -0.25) is 4.90 Å². The summed E-state index contributed by atoms with van der Waals surface area (Å²) >= 11 is 12.4. The average molecular weight is 319 g/mol. The Hall–Kier alpha value is -0.350. The molecule has 0 spiro atoms. The van der Waals surface area contributed by atoms with E-state index < -0.39 is 0 Å². The van der Waals surface area contributed by atoms with E-state index in [1.54, 1.807) is 0 Å². The van der Waals surface area contributed by atoms with Crippen molar-refractivity contribution in [3.05, 3.63) is 33.6 Å². The molecule has 2 nitrogen and oxygen atoms in total. The lowest BCUT2D eigenvalue weighted by atomic mass is 9.80. The van der Waals surface area contributed by atoms with Crippen LogP contribution in [0.4, 0.5) is 4.39 Å². The van der Waals surface area contributed by atoms with Crippen molar-refractivity contribution in [3.63, 3.8) is 0 Å². The number of nitrogens with zero attached hydrogens (tertiary/aromatic N) is 1. The number of benzene rings is 1. The normalized spacial score (nSPS) is 19.1. The van der Waals surface area contributed by atoms with E-state index in [4.69, 9.17) is 23.2 Å². The molecule has 2 rings (SSSR count). The third-order valence-corrected chi connectivity index (χ3v) is 4.51. The Morgan fingerprint density at radius 1 is 1.20 bits per heavy atom. The van der Waals surface area contributed by atoms with Crippen molar-refractivity contribution in [1.29, 1.82) is 0 Å². The van der Waals surface area contributed by atoms with Crippen molar-refractivity contribution in [2.75, 3.05) is 26.2 Å². The van der Waals surface area contributed by atoms with Crippen molar-refractivity contribution in [2.24, 2.45) is 5.41 Å². The summed E-state index contributed by atoms with van der Waals surface area (Å²) in [4.78, 5) is 2.29. The van der Waals surface area contributed by atoms with E-state index in [2.05, 4.69) is 31.0 Å². The molecule has 1 heterocycles. The van der Waals surface area contributed by atoms with E-state index in [0.29, 0.717) is 15.6 Å². The van der Waals surface area contributed by atoms with Gasteiger partial charge >= 0.3 is 0 Å². The Kier molecular flexibility index (Phi) is 4.96. The van der Waals surface area contributed by atoms with Crippen molar-refractivity contribution in [1.82, 2.24) is 10.2 Å². The molecule has 1 N–H and O–H groups in total. The fourth-order valence-corrected chi connectivity index (χ4v) is 3.32. The number of halogens is 3. The minimum Gasteiger partial charge on any atom is -0.314 e. The summed E-state index contributed by atoms with van der Waals surface area (Å²) in [6, 6.07) is 2.83. The molecule has 20 heavy (non-hydrogen) atoms. The standard InChI is InChI=1S/C15H21Cl2FN2/c1-15(2,3)14(20-8-6-19-7-9-20)12-11(18)5-4-10(16)13(12)17/h4-5,14,19H,6-9H2,1-3H3/t14-/m0/s1. The molecule has 112 valence electrons. The largest absolute Gasteiger partial charge is 0.314 e. The predicted molar refractivity (Wildman–Crippen MR) is 83.1 cm³/mol. The highest BCUT2D eigenvalue weighted by atomic mass is 35.5. The summed E-state index contributed by atoms with van der Waals surface area (Å²) in [7, 11) is 0. The zero-order valence-corrected chi connectivity index (χ0v) is 13.7. The topological polar surface area (TPSA) is 15.3 Å². The van der Waals surface area contributed by atoms with Crippen LogP contribution in [0.25, 0.3) is 0 Å². The molecule has 1 fully saturated rings. The Bertz CT molecular complexity index is 479. The first-order valence-electron chi connectivity index (χ1n) is 6.90. The predicted octanol–water partition coefficient (Wildman–Crippen LogP) is 4.12. The number of hydrogen-bond donors (Lipinski definition) is 1. The van der Waals surface area contributed by atoms with Gasteiger partial charge in [-0.15, -0.1) is 0 Å². The van der Waals surface area contributed by atoms with Crippen LogP contribution in [0.5, 0.6) is 0 Å². The van der Waals surface area contributed by atoms with E-state index in [9.17, 15) is 4.39 Å². The first kappa shape index (κ1) is 16.0. The van der Waals surface area contributed by atoms with Gasteiger partial charge in [-0.1, -0.05) is 44.0 Å². The van der Waals surface area contributed by atoms with Crippen LogP contribution in [0, 0.1) is 11.2 Å². The van der Waals surface area contributed by atoms with Crippen LogP contribution in [0.1, 0.15) is 32.4 Å². The minimum absolute atomic E-state index is 0.0872. The van der Waals surface area contributed by atoms with E-state index in [1.807, 2.05) is 0 Å². The second kappa shape index (κ2) is 6.18. The van der Waals surface area contributed by atoms with Gasteiger partial charge in [0, 0.05) is 37.8 Å². The van der Waals surface area contributed by atoms with Crippen LogP contribution in [0.3, 0.4) is 0 Å². The first-order valence-corrected chi connectivity index (χ1v) is 7.66. The van der Waals surface area contributed by atoms with E-state index in [0.717, 1.165) is 26.2 Å². The molecule has 1 aliphatic heterocycles. The molecular weight excluding hydrogens is 298 g/mol. The van der Waals surface area contributed by atoms with Gasteiger partial charge in [-0.2, -0.15) is 0 Å². The Balaban J connectivity index is 2.49. The maximum Gasteiger partial charge on any atom is 0.129 e. The van der Waals surface area contributed by atoms with Crippen LogP contribution < -0.4 is 5.32 Å². The van der Waals surface area contributed by atoms with Crippen LogP contribution in [0.2, 0.25) is 10.0 Å².